The summed E-state index contributed by atoms with van der Waals surface area (Å²) in [5.74, 6) is 0. The van der Waals surface area contributed by atoms with Crippen molar-refractivity contribution in [3.63, 3.8) is 0 Å². The van der Waals surface area contributed by atoms with Gasteiger partial charge < -0.3 is 5.73 Å². The lowest BCUT2D eigenvalue weighted by molar-refractivity contribution is 0.554. The minimum absolute atomic E-state index is 0.301. The zero-order valence-electron chi connectivity index (χ0n) is 12.1. The van der Waals surface area contributed by atoms with Gasteiger partial charge in [0.15, 0.2) is 0 Å². The molecule has 0 aliphatic heterocycles. The van der Waals surface area contributed by atoms with Crippen molar-refractivity contribution in [2.24, 2.45) is 12.8 Å². The van der Waals surface area contributed by atoms with Crippen LogP contribution in [0.3, 0.4) is 0 Å². The highest BCUT2D eigenvalue weighted by atomic mass is 15.2. The normalized spacial score (nSPS) is 12.0. The Labute approximate surface area is 119 Å². The minimum Gasteiger partial charge on any atom is -0.322 e. The van der Waals surface area contributed by atoms with Gasteiger partial charge in [-0.3, -0.25) is 4.68 Å². The molecule has 1 aromatic heterocycles. The van der Waals surface area contributed by atoms with Gasteiger partial charge in [0.2, 0.25) is 0 Å². The Hall–Kier alpha value is -2.13. The maximum absolute atomic E-state index is 6.11. The van der Waals surface area contributed by atoms with Crippen molar-refractivity contribution in [2.45, 2.75) is 19.4 Å². The molecule has 0 bridgehead atoms. The SMILES string of the molecule is Cn1ncc2ccc(-c3ccc(C(C)(C)N)cc3)cc21. The number of fused-ring (bicyclic) bond motifs is 1. The Balaban J connectivity index is 2.04. The van der Waals surface area contributed by atoms with Crippen LogP contribution in [0.4, 0.5) is 0 Å². The zero-order valence-corrected chi connectivity index (χ0v) is 12.1. The lowest BCUT2D eigenvalue weighted by Crippen LogP contribution is -2.28. The lowest BCUT2D eigenvalue weighted by atomic mass is 9.93. The van der Waals surface area contributed by atoms with Crippen LogP contribution in [0, 0.1) is 0 Å². The molecule has 2 N–H and O–H groups in total. The van der Waals surface area contributed by atoms with Crippen molar-refractivity contribution in [3.05, 3.63) is 54.2 Å². The van der Waals surface area contributed by atoms with Gasteiger partial charge in [0.05, 0.1) is 11.7 Å². The molecular formula is C17H19N3. The predicted molar refractivity (Wildman–Crippen MR) is 83.4 cm³/mol. The molecule has 3 nitrogen and oxygen atoms in total. The number of aromatic nitrogens is 2. The first kappa shape index (κ1) is 12.9. The summed E-state index contributed by atoms with van der Waals surface area (Å²) >= 11 is 0. The molecule has 0 radical (unpaired) electrons. The van der Waals surface area contributed by atoms with Crippen LogP contribution in [-0.4, -0.2) is 9.78 Å². The monoisotopic (exact) mass is 265 g/mol. The van der Waals surface area contributed by atoms with Crippen molar-refractivity contribution >= 4 is 10.9 Å². The van der Waals surface area contributed by atoms with Gasteiger partial charge in [-0.15, -0.1) is 0 Å². The number of nitrogens with zero attached hydrogens (tertiary/aromatic N) is 2. The Kier molecular flexibility index (Phi) is 2.87. The molecule has 0 atom stereocenters. The van der Waals surface area contributed by atoms with Crippen LogP contribution in [0.1, 0.15) is 19.4 Å². The van der Waals surface area contributed by atoms with E-state index in [0.29, 0.717) is 0 Å². The van der Waals surface area contributed by atoms with Gasteiger partial charge in [0.25, 0.3) is 0 Å². The number of benzene rings is 2. The molecule has 3 rings (SSSR count). The number of aryl methyl sites for hydroxylation is 1. The molecule has 3 aromatic rings. The van der Waals surface area contributed by atoms with E-state index in [4.69, 9.17) is 5.73 Å². The molecule has 102 valence electrons. The van der Waals surface area contributed by atoms with Crippen molar-refractivity contribution in [1.82, 2.24) is 9.78 Å². The predicted octanol–water partition coefficient (Wildman–Crippen LogP) is 3.43. The van der Waals surface area contributed by atoms with E-state index in [1.807, 2.05) is 31.8 Å². The first-order valence-electron chi connectivity index (χ1n) is 6.77. The van der Waals surface area contributed by atoms with Gasteiger partial charge in [0.1, 0.15) is 0 Å². The van der Waals surface area contributed by atoms with Crippen molar-refractivity contribution in [1.29, 1.82) is 0 Å². The summed E-state index contributed by atoms with van der Waals surface area (Å²) in [5, 5.41) is 5.44. The van der Waals surface area contributed by atoms with E-state index in [1.165, 1.54) is 11.1 Å². The molecule has 0 spiro atoms. The molecule has 0 aliphatic rings. The van der Waals surface area contributed by atoms with E-state index in [9.17, 15) is 0 Å². The second kappa shape index (κ2) is 4.46. The summed E-state index contributed by atoms with van der Waals surface area (Å²) < 4.78 is 1.90. The number of hydrogen-bond acceptors (Lipinski definition) is 2. The Morgan fingerprint density at radius 2 is 1.65 bits per heavy atom. The Bertz CT molecular complexity index is 746. The van der Waals surface area contributed by atoms with Gasteiger partial charge >= 0.3 is 0 Å². The molecule has 0 amide bonds. The maximum Gasteiger partial charge on any atom is 0.0685 e. The van der Waals surface area contributed by atoms with Crippen LogP contribution in [0.15, 0.2) is 48.7 Å². The third kappa shape index (κ3) is 2.21. The zero-order chi connectivity index (χ0) is 14.3. The third-order valence-corrected chi connectivity index (χ3v) is 3.71. The van der Waals surface area contributed by atoms with Gasteiger partial charge in [-0.25, -0.2) is 0 Å². The standard InChI is InChI=1S/C17H19N3/c1-17(2,18)15-8-6-12(7-9-15)13-4-5-14-11-19-20(3)16(14)10-13/h4-11H,18H2,1-3H3. The highest BCUT2D eigenvalue weighted by Gasteiger charge is 2.13. The van der Waals surface area contributed by atoms with Crippen molar-refractivity contribution < 1.29 is 0 Å². The highest BCUT2D eigenvalue weighted by molar-refractivity contribution is 5.84. The second-order valence-corrected chi connectivity index (χ2v) is 5.84. The number of rotatable bonds is 2. The summed E-state index contributed by atoms with van der Waals surface area (Å²) in [4.78, 5) is 0. The largest absolute Gasteiger partial charge is 0.322 e. The van der Waals surface area contributed by atoms with Crippen LogP contribution < -0.4 is 5.73 Å². The molecule has 2 aromatic carbocycles. The fraction of sp³-hybridized carbons (Fsp3) is 0.235. The summed E-state index contributed by atoms with van der Waals surface area (Å²) in [5.41, 5.74) is 10.5. The smallest absolute Gasteiger partial charge is 0.0685 e. The van der Waals surface area contributed by atoms with Gasteiger partial charge in [-0.1, -0.05) is 36.4 Å². The Morgan fingerprint density at radius 1 is 1.00 bits per heavy atom. The van der Waals surface area contributed by atoms with Crippen LogP contribution >= 0.6 is 0 Å². The average Bonchev–Trinajstić information content (AvgIpc) is 2.79. The fourth-order valence-electron chi connectivity index (χ4n) is 2.42. The van der Waals surface area contributed by atoms with Crippen LogP contribution in [-0.2, 0) is 12.6 Å². The van der Waals surface area contributed by atoms with E-state index in [1.54, 1.807) is 0 Å². The van der Waals surface area contributed by atoms with Gasteiger partial charge in [-0.05, 0) is 36.6 Å². The highest BCUT2D eigenvalue weighted by Crippen LogP contribution is 2.26. The molecule has 0 unspecified atom stereocenters. The van der Waals surface area contributed by atoms with Crippen molar-refractivity contribution in [3.8, 4) is 11.1 Å². The van der Waals surface area contributed by atoms with Crippen LogP contribution in [0.2, 0.25) is 0 Å². The molecule has 0 saturated carbocycles. The number of nitrogens with two attached hydrogens (primary N) is 1. The molecule has 0 saturated heterocycles. The molecular weight excluding hydrogens is 246 g/mol. The first-order chi connectivity index (χ1) is 9.45. The van der Waals surface area contributed by atoms with Gasteiger partial charge in [-0.2, -0.15) is 5.10 Å². The Morgan fingerprint density at radius 3 is 2.30 bits per heavy atom. The molecule has 0 aliphatic carbocycles. The quantitative estimate of drug-likeness (QED) is 0.771. The topological polar surface area (TPSA) is 43.8 Å². The summed E-state index contributed by atoms with van der Waals surface area (Å²) in [6, 6.07) is 14.9. The molecule has 3 heteroatoms. The molecule has 20 heavy (non-hydrogen) atoms. The summed E-state index contributed by atoms with van der Waals surface area (Å²) in [6.07, 6.45) is 1.89. The second-order valence-electron chi connectivity index (χ2n) is 5.84. The summed E-state index contributed by atoms with van der Waals surface area (Å²) in [6.45, 7) is 4.04. The van der Waals surface area contributed by atoms with Gasteiger partial charge in [0, 0.05) is 18.0 Å². The van der Waals surface area contributed by atoms with E-state index >= 15 is 0 Å². The fourth-order valence-corrected chi connectivity index (χ4v) is 2.42. The molecule has 0 fully saturated rings. The van der Waals surface area contributed by atoms with Crippen molar-refractivity contribution in [2.75, 3.05) is 0 Å². The summed E-state index contributed by atoms with van der Waals surface area (Å²) in [7, 11) is 1.96. The van der Waals surface area contributed by atoms with E-state index in [-0.39, 0.29) is 5.54 Å². The first-order valence-corrected chi connectivity index (χ1v) is 6.77. The minimum atomic E-state index is -0.301. The third-order valence-electron chi connectivity index (χ3n) is 3.71. The maximum atomic E-state index is 6.11. The molecule has 1 heterocycles. The average molecular weight is 265 g/mol. The van der Waals surface area contributed by atoms with E-state index in [2.05, 4.69) is 47.6 Å². The van der Waals surface area contributed by atoms with Crippen LogP contribution in [0.25, 0.3) is 22.0 Å². The van der Waals surface area contributed by atoms with E-state index in [0.717, 1.165) is 16.5 Å². The van der Waals surface area contributed by atoms with Crippen LogP contribution in [0.5, 0.6) is 0 Å². The lowest BCUT2D eigenvalue weighted by Gasteiger charge is -2.19. The van der Waals surface area contributed by atoms with E-state index < -0.39 is 0 Å². The number of hydrogen-bond donors (Lipinski definition) is 1.